The molecule has 4 nitrogen and oxygen atoms in total. The van der Waals surface area contributed by atoms with Crippen molar-refractivity contribution in [1.29, 1.82) is 0 Å². The zero-order chi connectivity index (χ0) is 17.6. The van der Waals surface area contributed by atoms with Gasteiger partial charge in [-0.1, -0.05) is 29.8 Å². The maximum Gasteiger partial charge on any atom is 0.433 e. The summed E-state index contributed by atoms with van der Waals surface area (Å²) in [6, 6.07) is 6.15. The molecule has 0 fully saturated rings. The van der Waals surface area contributed by atoms with Crippen molar-refractivity contribution in [2.24, 2.45) is 5.10 Å². The zero-order valence-electron chi connectivity index (χ0n) is 12.0. The first-order chi connectivity index (χ1) is 11.4. The lowest BCUT2D eigenvalue weighted by molar-refractivity contribution is -0.141. The van der Waals surface area contributed by atoms with Gasteiger partial charge in [0.25, 0.3) is 0 Å². The Morgan fingerprint density at radius 2 is 1.96 bits per heavy atom. The highest BCUT2D eigenvalue weighted by molar-refractivity contribution is 7.99. The quantitative estimate of drug-likeness (QED) is 0.222. The molecule has 1 heterocycles. The van der Waals surface area contributed by atoms with E-state index in [4.69, 9.17) is 6.42 Å². The van der Waals surface area contributed by atoms with E-state index in [9.17, 15) is 17.6 Å². The second-order valence-corrected chi connectivity index (χ2v) is 5.28. The highest BCUT2D eigenvalue weighted by atomic mass is 32.2. The first kappa shape index (κ1) is 17.7. The van der Waals surface area contributed by atoms with Gasteiger partial charge in [-0.05, 0) is 17.7 Å². The lowest BCUT2D eigenvalue weighted by atomic mass is 10.2. The van der Waals surface area contributed by atoms with Crippen LogP contribution in [0.5, 0.6) is 0 Å². The number of hydrazone groups is 1. The summed E-state index contributed by atoms with van der Waals surface area (Å²) in [5, 5.41) is 3.67. The summed E-state index contributed by atoms with van der Waals surface area (Å²) in [5.41, 5.74) is 1.86. The van der Waals surface area contributed by atoms with Crippen LogP contribution in [0.15, 0.2) is 40.6 Å². The average Bonchev–Trinajstić information content (AvgIpc) is 2.54. The molecule has 2 rings (SSSR count). The van der Waals surface area contributed by atoms with Crippen molar-refractivity contribution in [2.45, 2.75) is 11.3 Å². The summed E-state index contributed by atoms with van der Waals surface area (Å²) in [6.07, 6.45) is 1.78. The van der Waals surface area contributed by atoms with E-state index in [2.05, 4.69) is 26.4 Å². The minimum absolute atomic E-state index is 0.109. The van der Waals surface area contributed by atoms with Crippen molar-refractivity contribution in [2.75, 3.05) is 11.2 Å². The molecule has 0 atom stereocenters. The number of nitrogens with one attached hydrogen (secondary N) is 1. The lowest BCUT2D eigenvalue weighted by Gasteiger charge is -2.09. The van der Waals surface area contributed by atoms with E-state index in [0.717, 1.165) is 17.8 Å². The smallest absolute Gasteiger partial charge is 0.261 e. The fourth-order valence-electron chi connectivity index (χ4n) is 1.52. The van der Waals surface area contributed by atoms with Crippen LogP contribution in [0.4, 0.5) is 23.4 Å². The normalized spacial score (nSPS) is 11.5. The molecular weight excluding hydrogens is 344 g/mol. The van der Waals surface area contributed by atoms with Gasteiger partial charge in [-0.2, -0.15) is 18.3 Å². The fraction of sp³-hybridized carbons (Fsp3) is 0.133. The summed E-state index contributed by atoms with van der Waals surface area (Å²) < 4.78 is 51.3. The minimum atomic E-state index is -4.62. The minimum Gasteiger partial charge on any atom is -0.261 e. The molecule has 0 bridgehead atoms. The molecule has 0 saturated carbocycles. The van der Waals surface area contributed by atoms with Gasteiger partial charge in [0.1, 0.15) is 5.82 Å². The molecule has 2 aromatic rings. The molecule has 9 heteroatoms. The molecular formula is C15H10F4N4S. The van der Waals surface area contributed by atoms with Gasteiger partial charge in [0.15, 0.2) is 16.7 Å². The molecule has 1 N–H and O–H groups in total. The molecule has 0 unspecified atom stereocenters. The number of rotatable bonds is 5. The number of alkyl halides is 3. The fourth-order valence-corrected chi connectivity index (χ4v) is 2.06. The molecule has 0 aliphatic rings. The van der Waals surface area contributed by atoms with Crippen molar-refractivity contribution in [3.63, 3.8) is 0 Å². The van der Waals surface area contributed by atoms with Crippen molar-refractivity contribution in [3.8, 4) is 12.3 Å². The molecule has 0 spiro atoms. The van der Waals surface area contributed by atoms with Gasteiger partial charge >= 0.3 is 6.18 Å². The number of thioether (sulfide) groups is 1. The molecule has 0 aliphatic carbocycles. The van der Waals surface area contributed by atoms with Crippen LogP contribution >= 0.6 is 11.8 Å². The number of benzene rings is 1. The number of hydrogen-bond donors (Lipinski definition) is 1. The molecule has 0 saturated heterocycles. The Labute approximate surface area is 139 Å². The van der Waals surface area contributed by atoms with E-state index in [1.165, 1.54) is 30.5 Å². The zero-order valence-corrected chi connectivity index (χ0v) is 12.8. The van der Waals surface area contributed by atoms with Crippen LogP contribution in [0.2, 0.25) is 0 Å². The Morgan fingerprint density at radius 1 is 1.25 bits per heavy atom. The molecule has 0 aliphatic heterocycles. The van der Waals surface area contributed by atoms with E-state index in [1.807, 2.05) is 0 Å². The number of nitrogens with zero attached hydrogens (tertiary/aromatic N) is 3. The van der Waals surface area contributed by atoms with Gasteiger partial charge in [-0.3, -0.25) is 5.43 Å². The maximum absolute atomic E-state index is 12.9. The highest BCUT2D eigenvalue weighted by Crippen LogP contribution is 2.30. The summed E-state index contributed by atoms with van der Waals surface area (Å²) in [7, 11) is 0. The van der Waals surface area contributed by atoms with Crippen molar-refractivity contribution >= 4 is 23.8 Å². The van der Waals surface area contributed by atoms with Crippen LogP contribution in [0.1, 0.15) is 11.3 Å². The van der Waals surface area contributed by atoms with Gasteiger partial charge in [0.2, 0.25) is 0 Å². The molecule has 0 radical (unpaired) electrons. The number of hydrogen-bond acceptors (Lipinski definition) is 5. The maximum atomic E-state index is 12.9. The number of terminal acetylenes is 1. The lowest BCUT2D eigenvalue weighted by Crippen LogP contribution is -2.10. The first-order valence-electron chi connectivity index (χ1n) is 6.45. The molecule has 1 aromatic carbocycles. The van der Waals surface area contributed by atoms with Crippen LogP contribution in [0, 0.1) is 18.2 Å². The van der Waals surface area contributed by atoms with Gasteiger partial charge in [-0.25, -0.2) is 14.4 Å². The van der Waals surface area contributed by atoms with Crippen LogP contribution in [0.25, 0.3) is 0 Å². The largest absolute Gasteiger partial charge is 0.433 e. The first-order valence-corrected chi connectivity index (χ1v) is 7.44. The van der Waals surface area contributed by atoms with Gasteiger partial charge in [0.05, 0.1) is 12.0 Å². The van der Waals surface area contributed by atoms with E-state index in [1.54, 1.807) is 0 Å². The molecule has 1 aromatic heterocycles. The van der Waals surface area contributed by atoms with E-state index < -0.39 is 17.7 Å². The van der Waals surface area contributed by atoms with E-state index >= 15 is 0 Å². The third-order valence-corrected chi connectivity index (χ3v) is 3.30. The third-order valence-electron chi connectivity index (χ3n) is 2.54. The van der Waals surface area contributed by atoms with E-state index in [0.29, 0.717) is 5.56 Å². The van der Waals surface area contributed by atoms with Gasteiger partial charge in [0, 0.05) is 6.07 Å². The Morgan fingerprint density at radius 3 is 2.58 bits per heavy atom. The van der Waals surface area contributed by atoms with Crippen LogP contribution in [-0.2, 0) is 6.18 Å². The molecule has 24 heavy (non-hydrogen) atoms. The van der Waals surface area contributed by atoms with Gasteiger partial charge in [-0.15, -0.1) is 6.42 Å². The van der Waals surface area contributed by atoms with Crippen molar-refractivity contribution < 1.29 is 17.6 Å². The predicted octanol–water partition coefficient (Wildman–Crippen LogP) is 3.81. The Hall–Kier alpha value is -2.60. The number of aromatic nitrogens is 2. The van der Waals surface area contributed by atoms with Crippen LogP contribution in [0.3, 0.4) is 0 Å². The van der Waals surface area contributed by atoms with E-state index in [-0.39, 0.29) is 16.7 Å². The SMILES string of the molecule is C#CCSc1nc(N/N=C/c2ccc(F)cc2)cc(C(F)(F)F)n1. The second kappa shape index (κ2) is 7.79. The number of anilines is 1. The Balaban J connectivity index is 2.18. The molecule has 0 amide bonds. The third kappa shape index (κ3) is 5.24. The van der Waals surface area contributed by atoms with Crippen molar-refractivity contribution in [3.05, 3.63) is 47.4 Å². The van der Waals surface area contributed by atoms with Crippen LogP contribution in [-0.4, -0.2) is 21.9 Å². The highest BCUT2D eigenvalue weighted by Gasteiger charge is 2.33. The predicted molar refractivity (Wildman–Crippen MR) is 84.2 cm³/mol. The standard InChI is InChI=1S/C15H10F4N4S/c1-2-7-24-14-21-12(15(17,18)19)8-13(22-14)23-20-9-10-3-5-11(16)6-4-10/h1,3-6,8-9H,7H2,(H,21,22,23)/b20-9+. The number of halogens is 4. The van der Waals surface area contributed by atoms with Gasteiger partial charge < -0.3 is 0 Å². The second-order valence-electron chi connectivity index (χ2n) is 4.33. The summed E-state index contributed by atoms with van der Waals surface area (Å²) in [5.74, 6) is 1.89. The Kier molecular flexibility index (Phi) is 5.76. The summed E-state index contributed by atoms with van der Waals surface area (Å²) in [4.78, 5) is 7.32. The van der Waals surface area contributed by atoms with Crippen molar-refractivity contribution in [1.82, 2.24) is 9.97 Å². The topological polar surface area (TPSA) is 50.2 Å². The summed E-state index contributed by atoms with van der Waals surface area (Å²) in [6.45, 7) is 0. The molecule has 124 valence electrons. The summed E-state index contributed by atoms with van der Waals surface area (Å²) >= 11 is 0.904. The van der Waals surface area contributed by atoms with Crippen LogP contribution < -0.4 is 5.43 Å². The monoisotopic (exact) mass is 354 g/mol. The Bertz CT molecular complexity index is 767. The average molecular weight is 354 g/mol.